The highest BCUT2D eigenvalue weighted by atomic mass is 79.9. The number of aryl methyl sites for hydroxylation is 1. The minimum absolute atomic E-state index is 0.662. The first-order valence-corrected chi connectivity index (χ1v) is 6.32. The monoisotopic (exact) mass is 301 g/mol. The van der Waals surface area contributed by atoms with E-state index in [0.717, 1.165) is 21.3 Å². The van der Waals surface area contributed by atoms with Crippen molar-refractivity contribution in [3.63, 3.8) is 0 Å². The lowest BCUT2D eigenvalue weighted by Crippen LogP contribution is -2.01. The molecule has 0 radical (unpaired) electrons. The zero-order valence-electron chi connectivity index (χ0n) is 9.94. The minimum Gasteiger partial charge on any atom is -0.381 e. The fraction of sp³-hybridized carbons (Fsp3) is 0.143. The van der Waals surface area contributed by atoms with E-state index in [1.54, 1.807) is 6.20 Å². The summed E-state index contributed by atoms with van der Waals surface area (Å²) in [5.41, 5.74) is 3.85. The van der Waals surface area contributed by atoms with Crippen molar-refractivity contribution < 1.29 is 0 Å². The summed E-state index contributed by atoms with van der Waals surface area (Å²) in [5.74, 6) is 0. The number of halogens is 1. The van der Waals surface area contributed by atoms with Crippen LogP contribution in [0.1, 0.15) is 16.7 Å². The maximum absolute atomic E-state index is 8.88. The van der Waals surface area contributed by atoms with E-state index >= 15 is 0 Å². The summed E-state index contributed by atoms with van der Waals surface area (Å²) >= 11 is 3.39. The molecule has 0 bridgehead atoms. The van der Waals surface area contributed by atoms with Gasteiger partial charge in [-0.15, -0.1) is 0 Å². The number of nitrogens with one attached hydrogen (secondary N) is 1. The van der Waals surface area contributed by atoms with Crippen molar-refractivity contribution in [1.29, 1.82) is 5.26 Å². The van der Waals surface area contributed by atoms with Gasteiger partial charge in [0.1, 0.15) is 0 Å². The van der Waals surface area contributed by atoms with E-state index in [1.165, 1.54) is 0 Å². The van der Waals surface area contributed by atoms with Gasteiger partial charge in [0.2, 0.25) is 0 Å². The molecule has 0 aliphatic heterocycles. The maximum Gasteiger partial charge on any atom is 0.0992 e. The first kappa shape index (κ1) is 12.6. The average Bonchev–Trinajstić information content (AvgIpc) is 2.38. The number of rotatable bonds is 3. The third kappa shape index (κ3) is 3.08. The van der Waals surface area contributed by atoms with Gasteiger partial charge in [0.05, 0.1) is 11.6 Å². The summed E-state index contributed by atoms with van der Waals surface area (Å²) in [4.78, 5) is 4.11. The third-order valence-electron chi connectivity index (χ3n) is 2.61. The van der Waals surface area contributed by atoms with Gasteiger partial charge in [-0.3, -0.25) is 4.98 Å². The molecule has 2 rings (SSSR count). The van der Waals surface area contributed by atoms with Gasteiger partial charge in [0.15, 0.2) is 0 Å². The number of hydrogen-bond acceptors (Lipinski definition) is 3. The molecule has 0 aliphatic carbocycles. The molecular weight excluding hydrogens is 290 g/mol. The summed E-state index contributed by atoms with van der Waals surface area (Å²) < 4.78 is 0.962. The van der Waals surface area contributed by atoms with Crippen LogP contribution in [-0.2, 0) is 6.54 Å². The normalized spacial score (nSPS) is 9.83. The predicted molar refractivity (Wildman–Crippen MR) is 75.2 cm³/mol. The Hall–Kier alpha value is -1.86. The van der Waals surface area contributed by atoms with Crippen LogP contribution in [-0.4, -0.2) is 4.98 Å². The van der Waals surface area contributed by atoms with Crippen molar-refractivity contribution in [2.24, 2.45) is 0 Å². The van der Waals surface area contributed by atoms with Gasteiger partial charge < -0.3 is 5.32 Å². The van der Waals surface area contributed by atoms with Gasteiger partial charge >= 0.3 is 0 Å². The molecule has 0 amide bonds. The van der Waals surface area contributed by atoms with Gasteiger partial charge in [-0.05, 0) is 52.2 Å². The van der Waals surface area contributed by atoms with Crippen LogP contribution in [0.15, 0.2) is 41.1 Å². The molecule has 0 saturated carbocycles. The molecule has 1 aromatic carbocycles. The minimum atomic E-state index is 0.662. The summed E-state index contributed by atoms with van der Waals surface area (Å²) in [6.45, 7) is 2.70. The zero-order valence-corrected chi connectivity index (χ0v) is 11.5. The third-order valence-corrected chi connectivity index (χ3v) is 3.04. The lowest BCUT2D eigenvalue weighted by atomic mass is 10.1. The van der Waals surface area contributed by atoms with Crippen LogP contribution in [0.2, 0.25) is 0 Å². The van der Waals surface area contributed by atoms with E-state index in [4.69, 9.17) is 5.26 Å². The fourth-order valence-corrected chi connectivity index (χ4v) is 2.04. The maximum atomic E-state index is 8.88. The lowest BCUT2D eigenvalue weighted by molar-refractivity contribution is 1.10. The van der Waals surface area contributed by atoms with Crippen molar-refractivity contribution in [2.75, 3.05) is 5.32 Å². The first-order chi connectivity index (χ1) is 8.69. The van der Waals surface area contributed by atoms with Crippen LogP contribution in [0.3, 0.4) is 0 Å². The standard InChI is InChI=1S/C14H12BrN3/c1-10-2-3-11(6-16)5-14(10)18-8-12-4-13(15)9-17-7-12/h2-5,7,9,18H,8H2,1H3. The molecule has 0 unspecified atom stereocenters. The average molecular weight is 302 g/mol. The van der Waals surface area contributed by atoms with Gasteiger partial charge in [-0.25, -0.2) is 0 Å². The Bertz CT molecular complexity index is 602. The van der Waals surface area contributed by atoms with E-state index in [9.17, 15) is 0 Å². The number of nitrogens with zero attached hydrogens (tertiary/aromatic N) is 2. The topological polar surface area (TPSA) is 48.7 Å². The lowest BCUT2D eigenvalue weighted by Gasteiger charge is -2.09. The van der Waals surface area contributed by atoms with Gasteiger partial charge in [0.25, 0.3) is 0 Å². The van der Waals surface area contributed by atoms with Crippen LogP contribution in [0.4, 0.5) is 5.69 Å². The quantitative estimate of drug-likeness (QED) is 0.941. The second kappa shape index (κ2) is 5.65. The van der Waals surface area contributed by atoms with Crippen LogP contribution < -0.4 is 5.32 Å². The Morgan fingerprint density at radius 1 is 1.33 bits per heavy atom. The van der Waals surface area contributed by atoms with Crippen molar-refractivity contribution >= 4 is 21.6 Å². The van der Waals surface area contributed by atoms with E-state index in [2.05, 4.69) is 32.3 Å². The number of pyridine rings is 1. The Morgan fingerprint density at radius 3 is 2.89 bits per heavy atom. The number of nitriles is 1. The molecule has 1 aromatic heterocycles. The molecule has 0 fully saturated rings. The van der Waals surface area contributed by atoms with Crippen LogP contribution in [0.25, 0.3) is 0 Å². The SMILES string of the molecule is Cc1ccc(C#N)cc1NCc1cncc(Br)c1. The molecule has 0 saturated heterocycles. The highest BCUT2D eigenvalue weighted by Gasteiger charge is 2.01. The predicted octanol–water partition coefficient (Wildman–Crippen LogP) is 3.64. The number of hydrogen-bond donors (Lipinski definition) is 1. The summed E-state index contributed by atoms with van der Waals surface area (Å²) in [7, 11) is 0. The van der Waals surface area contributed by atoms with E-state index < -0.39 is 0 Å². The van der Waals surface area contributed by atoms with Crippen LogP contribution >= 0.6 is 15.9 Å². The molecular formula is C14H12BrN3. The molecule has 3 nitrogen and oxygen atoms in total. The Kier molecular flexibility index (Phi) is 3.96. The van der Waals surface area contributed by atoms with Gasteiger partial charge in [-0.1, -0.05) is 6.07 Å². The Balaban J connectivity index is 2.13. The molecule has 90 valence electrons. The van der Waals surface area contributed by atoms with E-state index in [0.29, 0.717) is 12.1 Å². The molecule has 1 N–H and O–H groups in total. The summed E-state index contributed by atoms with van der Waals surface area (Å²) in [6.07, 6.45) is 3.58. The smallest absolute Gasteiger partial charge is 0.0992 e. The number of benzene rings is 1. The summed E-state index contributed by atoms with van der Waals surface area (Å²) in [5, 5.41) is 12.2. The fourth-order valence-electron chi connectivity index (χ4n) is 1.63. The highest BCUT2D eigenvalue weighted by Crippen LogP contribution is 2.18. The van der Waals surface area contributed by atoms with Crippen LogP contribution in [0.5, 0.6) is 0 Å². The largest absolute Gasteiger partial charge is 0.381 e. The Labute approximate surface area is 115 Å². The second-order valence-corrected chi connectivity index (χ2v) is 4.92. The highest BCUT2D eigenvalue weighted by molar-refractivity contribution is 9.10. The molecule has 4 heteroatoms. The van der Waals surface area contributed by atoms with Gasteiger partial charge in [0, 0.05) is 29.1 Å². The second-order valence-electron chi connectivity index (χ2n) is 4.01. The molecule has 18 heavy (non-hydrogen) atoms. The summed E-state index contributed by atoms with van der Waals surface area (Å²) in [6, 6.07) is 9.79. The van der Waals surface area contributed by atoms with Crippen molar-refractivity contribution in [1.82, 2.24) is 4.98 Å². The van der Waals surface area contributed by atoms with E-state index in [-0.39, 0.29) is 0 Å². The number of anilines is 1. The molecule has 0 atom stereocenters. The molecule has 0 spiro atoms. The molecule has 0 aliphatic rings. The molecule has 1 heterocycles. The van der Waals surface area contributed by atoms with E-state index in [1.807, 2.05) is 37.4 Å². The van der Waals surface area contributed by atoms with Crippen molar-refractivity contribution in [2.45, 2.75) is 13.5 Å². The van der Waals surface area contributed by atoms with Crippen molar-refractivity contribution in [3.8, 4) is 6.07 Å². The van der Waals surface area contributed by atoms with Crippen molar-refractivity contribution in [3.05, 3.63) is 57.8 Å². The zero-order chi connectivity index (χ0) is 13.0. The van der Waals surface area contributed by atoms with Crippen LogP contribution in [0, 0.1) is 18.3 Å². The molecule has 2 aromatic rings. The number of aromatic nitrogens is 1. The first-order valence-electron chi connectivity index (χ1n) is 5.53. The van der Waals surface area contributed by atoms with Gasteiger partial charge in [-0.2, -0.15) is 5.26 Å². The Morgan fingerprint density at radius 2 is 2.17 bits per heavy atom.